The Balaban J connectivity index is 1.70. The maximum Gasteiger partial charge on any atom is 0.242 e. The van der Waals surface area contributed by atoms with Gasteiger partial charge in [-0.05, 0) is 38.6 Å². The summed E-state index contributed by atoms with van der Waals surface area (Å²) in [5.74, 6) is 0.883. The number of anilines is 2. The van der Waals surface area contributed by atoms with Gasteiger partial charge in [0.15, 0.2) is 5.82 Å². The number of carbonyl (C=O) groups excluding carboxylic acids is 1. The van der Waals surface area contributed by atoms with Crippen LogP contribution in [0.3, 0.4) is 0 Å². The van der Waals surface area contributed by atoms with Crippen LogP contribution in [0.2, 0.25) is 0 Å². The van der Waals surface area contributed by atoms with Gasteiger partial charge in [-0.15, -0.1) is 0 Å². The van der Waals surface area contributed by atoms with Crippen molar-refractivity contribution in [1.82, 2.24) is 25.1 Å². The van der Waals surface area contributed by atoms with Gasteiger partial charge in [0.05, 0.1) is 18.3 Å². The Kier molecular flexibility index (Phi) is 7.96. The van der Waals surface area contributed by atoms with E-state index in [-0.39, 0.29) is 11.7 Å². The number of hydrogen-bond donors (Lipinski definition) is 2. The number of fused-ring (bicyclic) bond motifs is 1. The first-order valence-corrected chi connectivity index (χ1v) is 13.4. The molecule has 0 bridgehead atoms. The Hall–Kier alpha value is -2.57. The molecule has 4 rings (SSSR count). The molecule has 10 heteroatoms. The zero-order valence-corrected chi connectivity index (χ0v) is 23.4. The SMILES string of the molecule is CNC(=O)C1(N(C)Cc2cc3c(Nc4cccc(CI)c4F)ncnc3cc2OC)CN(C(C)C)C1. The molecule has 1 fully saturated rings. The van der Waals surface area contributed by atoms with E-state index in [0.717, 1.165) is 10.9 Å². The van der Waals surface area contributed by atoms with Crippen LogP contribution in [0, 0.1) is 5.82 Å². The van der Waals surface area contributed by atoms with Crippen LogP contribution in [-0.2, 0) is 15.8 Å². The van der Waals surface area contributed by atoms with E-state index in [1.165, 1.54) is 6.33 Å². The van der Waals surface area contributed by atoms with Gasteiger partial charge < -0.3 is 15.4 Å². The average Bonchev–Trinajstić information content (AvgIpc) is 2.84. The lowest BCUT2D eigenvalue weighted by Crippen LogP contribution is -2.75. The molecule has 2 heterocycles. The first kappa shape index (κ1) is 26.5. The molecular weight excluding hydrogens is 574 g/mol. The number of halogens is 2. The summed E-state index contributed by atoms with van der Waals surface area (Å²) >= 11 is 2.15. The maximum atomic E-state index is 14.9. The van der Waals surface area contributed by atoms with Crippen molar-refractivity contribution in [3.05, 3.63) is 53.6 Å². The molecule has 1 saturated heterocycles. The number of nitrogens with zero attached hydrogens (tertiary/aromatic N) is 4. The number of aromatic nitrogens is 2. The summed E-state index contributed by atoms with van der Waals surface area (Å²) < 4.78 is 21.2. The third kappa shape index (κ3) is 4.85. The third-order valence-electron chi connectivity index (χ3n) is 6.96. The van der Waals surface area contributed by atoms with Crippen molar-refractivity contribution in [2.45, 2.75) is 36.4 Å². The van der Waals surface area contributed by atoms with E-state index in [2.05, 4.69) is 66.8 Å². The fraction of sp³-hybridized carbons (Fsp3) is 0.423. The molecule has 2 aromatic carbocycles. The van der Waals surface area contributed by atoms with Crippen molar-refractivity contribution in [3.8, 4) is 5.75 Å². The second-order valence-electron chi connectivity index (χ2n) is 9.41. The molecule has 1 aromatic heterocycles. The van der Waals surface area contributed by atoms with E-state index in [1.807, 2.05) is 25.2 Å². The molecule has 1 aliphatic rings. The molecular formula is C26H32FIN6O2. The van der Waals surface area contributed by atoms with Crippen LogP contribution in [-0.4, -0.2) is 71.6 Å². The van der Waals surface area contributed by atoms with Crippen molar-refractivity contribution in [2.75, 3.05) is 39.6 Å². The summed E-state index contributed by atoms with van der Waals surface area (Å²) in [5, 5.41) is 6.73. The standard InChI is InChI=1S/C26H32FIN6O2/c1-16(2)34-13-26(14-34,25(35)29-3)33(4)12-18-9-19-21(10-22(18)36-5)30-15-31-24(19)32-20-8-6-7-17(11-28)23(20)27/h6-10,15-16H,11-14H2,1-5H3,(H,29,35)(H,30,31,32). The van der Waals surface area contributed by atoms with Crippen molar-refractivity contribution < 1.29 is 13.9 Å². The zero-order chi connectivity index (χ0) is 26.0. The van der Waals surface area contributed by atoms with E-state index in [0.29, 0.717) is 58.4 Å². The summed E-state index contributed by atoms with van der Waals surface area (Å²) in [5.41, 5.74) is 1.92. The number of carbonyl (C=O) groups is 1. The molecule has 3 aromatic rings. The van der Waals surface area contributed by atoms with Crippen molar-refractivity contribution in [3.63, 3.8) is 0 Å². The fourth-order valence-corrected chi connectivity index (χ4v) is 5.23. The van der Waals surface area contributed by atoms with Crippen molar-refractivity contribution in [1.29, 1.82) is 0 Å². The van der Waals surface area contributed by atoms with Crippen LogP contribution in [0.15, 0.2) is 36.7 Å². The minimum absolute atomic E-state index is 0.00188. The van der Waals surface area contributed by atoms with Crippen LogP contribution in [0.1, 0.15) is 25.0 Å². The Morgan fingerprint density at radius 1 is 1.28 bits per heavy atom. The van der Waals surface area contributed by atoms with Crippen molar-refractivity contribution in [2.24, 2.45) is 0 Å². The minimum atomic E-state index is -0.629. The van der Waals surface area contributed by atoms with Crippen LogP contribution in [0.5, 0.6) is 5.75 Å². The molecule has 1 amide bonds. The van der Waals surface area contributed by atoms with E-state index in [9.17, 15) is 9.18 Å². The average molecular weight is 606 g/mol. The number of methoxy groups -OCH3 is 1. The van der Waals surface area contributed by atoms with Crippen LogP contribution >= 0.6 is 22.6 Å². The minimum Gasteiger partial charge on any atom is -0.496 e. The Morgan fingerprint density at radius 3 is 2.67 bits per heavy atom. The van der Waals surface area contributed by atoms with Crippen molar-refractivity contribution >= 4 is 50.9 Å². The Bertz CT molecular complexity index is 1260. The lowest BCUT2D eigenvalue weighted by molar-refractivity contribution is -0.147. The Labute approximate surface area is 224 Å². The summed E-state index contributed by atoms with van der Waals surface area (Å²) in [6.07, 6.45) is 1.45. The zero-order valence-electron chi connectivity index (χ0n) is 21.2. The number of hydrogen-bond acceptors (Lipinski definition) is 7. The topological polar surface area (TPSA) is 82.6 Å². The van der Waals surface area contributed by atoms with Crippen LogP contribution in [0.4, 0.5) is 15.9 Å². The largest absolute Gasteiger partial charge is 0.496 e. The molecule has 0 aliphatic carbocycles. The number of likely N-dealkylation sites (N-methyl/N-ethyl adjacent to an activating group) is 2. The van der Waals surface area contributed by atoms with Crippen LogP contribution < -0.4 is 15.4 Å². The normalized spacial score (nSPS) is 15.2. The molecule has 0 atom stereocenters. The second-order valence-corrected chi connectivity index (χ2v) is 10.2. The predicted molar refractivity (Wildman–Crippen MR) is 148 cm³/mol. The van der Waals surface area contributed by atoms with E-state index >= 15 is 0 Å². The number of likely N-dealkylation sites (tertiary alicyclic amines) is 1. The molecule has 0 saturated carbocycles. The molecule has 0 radical (unpaired) electrons. The first-order chi connectivity index (χ1) is 17.2. The predicted octanol–water partition coefficient (Wildman–Crippen LogP) is 4.10. The van der Waals surface area contributed by atoms with Crippen LogP contribution in [0.25, 0.3) is 10.9 Å². The van der Waals surface area contributed by atoms with Gasteiger partial charge in [0.25, 0.3) is 0 Å². The highest BCUT2D eigenvalue weighted by Crippen LogP contribution is 2.35. The van der Waals surface area contributed by atoms with Gasteiger partial charge in [-0.25, -0.2) is 14.4 Å². The van der Waals surface area contributed by atoms with E-state index in [4.69, 9.17) is 4.74 Å². The van der Waals surface area contributed by atoms with Gasteiger partial charge >= 0.3 is 0 Å². The maximum absolute atomic E-state index is 14.9. The second kappa shape index (κ2) is 10.8. The summed E-state index contributed by atoms with van der Waals surface area (Å²) in [7, 11) is 5.25. The number of ether oxygens (including phenoxy) is 1. The molecule has 1 aliphatic heterocycles. The lowest BCUT2D eigenvalue weighted by Gasteiger charge is -2.54. The lowest BCUT2D eigenvalue weighted by atomic mass is 9.85. The molecule has 192 valence electrons. The number of rotatable bonds is 9. The summed E-state index contributed by atoms with van der Waals surface area (Å²) in [6.45, 7) is 6.05. The first-order valence-electron chi connectivity index (χ1n) is 11.8. The van der Waals surface area contributed by atoms with Gasteiger partial charge in [-0.2, -0.15) is 0 Å². The highest BCUT2D eigenvalue weighted by Gasteiger charge is 2.52. The molecule has 8 nitrogen and oxygen atoms in total. The molecule has 0 spiro atoms. The monoisotopic (exact) mass is 606 g/mol. The number of benzene rings is 2. The highest BCUT2D eigenvalue weighted by atomic mass is 127. The Morgan fingerprint density at radius 2 is 2.03 bits per heavy atom. The van der Waals surface area contributed by atoms with Gasteiger partial charge in [0.2, 0.25) is 5.91 Å². The van der Waals surface area contributed by atoms with Gasteiger partial charge in [0, 0.05) is 54.2 Å². The number of nitrogens with one attached hydrogen (secondary N) is 2. The summed E-state index contributed by atoms with van der Waals surface area (Å²) in [6, 6.07) is 9.47. The molecule has 2 N–H and O–H groups in total. The number of alkyl halides is 1. The quantitative estimate of drug-likeness (QED) is 0.281. The van der Waals surface area contributed by atoms with Gasteiger partial charge in [-0.3, -0.25) is 14.6 Å². The molecule has 0 unspecified atom stereocenters. The third-order valence-corrected chi connectivity index (χ3v) is 7.78. The van der Waals surface area contributed by atoms with E-state index in [1.54, 1.807) is 26.3 Å². The molecule has 36 heavy (non-hydrogen) atoms. The fourth-order valence-electron chi connectivity index (χ4n) is 4.64. The van der Waals surface area contributed by atoms with Gasteiger partial charge in [-0.1, -0.05) is 34.7 Å². The smallest absolute Gasteiger partial charge is 0.242 e. The highest BCUT2D eigenvalue weighted by molar-refractivity contribution is 14.1. The van der Waals surface area contributed by atoms with E-state index < -0.39 is 5.54 Å². The summed E-state index contributed by atoms with van der Waals surface area (Å²) in [4.78, 5) is 26.1. The van der Waals surface area contributed by atoms with Gasteiger partial charge in [0.1, 0.15) is 23.4 Å². The number of amides is 1.